The van der Waals surface area contributed by atoms with Gasteiger partial charge in [0.25, 0.3) is 0 Å². The van der Waals surface area contributed by atoms with Gasteiger partial charge in [-0.2, -0.15) is 0 Å². The van der Waals surface area contributed by atoms with Crippen LogP contribution < -0.4 is 15.0 Å². The lowest BCUT2D eigenvalue weighted by Crippen LogP contribution is -2.63. The predicted octanol–water partition coefficient (Wildman–Crippen LogP) is -0.114. The van der Waals surface area contributed by atoms with E-state index >= 15 is 0 Å². The second-order valence-corrected chi connectivity index (χ2v) is 5.66. The summed E-state index contributed by atoms with van der Waals surface area (Å²) in [5, 5.41) is 2.70. The smallest absolute Gasteiger partial charge is 0.233 e. The molecule has 3 heterocycles. The molecule has 114 valence electrons. The number of hydrogen-bond acceptors (Lipinski definition) is 6. The molecule has 7 heteroatoms. The first-order valence-electron chi connectivity index (χ1n) is 7.23. The van der Waals surface area contributed by atoms with E-state index in [1.165, 1.54) is 6.33 Å². The van der Waals surface area contributed by atoms with Gasteiger partial charge in [-0.3, -0.25) is 9.69 Å². The highest BCUT2D eigenvalue weighted by Gasteiger charge is 2.49. The van der Waals surface area contributed by atoms with Gasteiger partial charge >= 0.3 is 0 Å². The molecule has 2 aliphatic heterocycles. The molecule has 1 atom stereocenters. The zero-order valence-electron chi connectivity index (χ0n) is 12.5. The molecule has 0 saturated carbocycles. The third-order valence-electron chi connectivity index (χ3n) is 4.62. The first-order chi connectivity index (χ1) is 10.2. The number of anilines is 1. The van der Waals surface area contributed by atoms with Gasteiger partial charge in [0.1, 0.15) is 12.1 Å². The minimum atomic E-state index is 0.0798. The fraction of sp³-hybridized carbons (Fsp3) is 0.643. The van der Waals surface area contributed by atoms with E-state index in [1.54, 1.807) is 14.2 Å². The number of hydrogen-bond donors (Lipinski definition) is 1. The van der Waals surface area contributed by atoms with Crippen LogP contribution in [0.2, 0.25) is 0 Å². The van der Waals surface area contributed by atoms with Gasteiger partial charge in [-0.15, -0.1) is 0 Å². The van der Waals surface area contributed by atoms with Crippen LogP contribution in [0.15, 0.2) is 12.4 Å². The highest BCUT2D eigenvalue weighted by molar-refractivity contribution is 5.78. The number of carbonyl (C=O) groups excluding carboxylic acids is 1. The third kappa shape index (κ3) is 2.53. The maximum atomic E-state index is 11.6. The van der Waals surface area contributed by atoms with Gasteiger partial charge in [-0.25, -0.2) is 9.97 Å². The van der Waals surface area contributed by atoms with Crippen LogP contribution in [0.1, 0.15) is 12.8 Å². The molecule has 2 aliphatic rings. The maximum Gasteiger partial charge on any atom is 0.233 e. The molecule has 1 amide bonds. The molecule has 1 spiro atoms. The number of likely N-dealkylation sites (tertiary alicyclic amines) is 1. The molecule has 2 fully saturated rings. The number of likely N-dealkylation sites (N-methyl/N-ethyl adjacent to an activating group) is 1. The average Bonchev–Trinajstić information content (AvgIpc) is 2.99. The van der Waals surface area contributed by atoms with Crippen LogP contribution in [0.25, 0.3) is 0 Å². The van der Waals surface area contributed by atoms with Crippen LogP contribution in [0, 0.1) is 0 Å². The minimum Gasteiger partial charge on any atom is -0.481 e. The molecule has 0 aromatic carbocycles. The van der Waals surface area contributed by atoms with Crippen molar-refractivity contribution in [3.05, 3.63) is 12.4 Å². The topological polar surface area (TPSA) is 70.6 Å². The Morgan fingerprint density at radius 1 is 1.43 bits per heavy atom. The Morgan fingerprint density at radius 3 is 2.90 bits per heavy atom. The number of amides is 1. The Balaban J connectivity index is 1.68. The normalized spacial score (nSPS) is 25.0. The fourth-order valence-corrected chi connectivity index (χ4v) is 3.21. The molecule has 1 aromatic heterocycles. The van der Waals surface area contributed by atoms with Crippen LogP contribution in [0.5, 0.6) is 5.88 Å². The summed E-state index contributed by atoms with van der Waals surface area (Å²) in [7, 11) is 3.29. The molecule has 0 radical (unpaired) electrons. The van der Waals surface area contributed by atoms with Crippen molar-refractivity contribution in [2.75, 3.05) is 45.2 Å². The summed E-state index contributed by atoms with van der Waals surface area (Å²) < 4.78 is 5.15. The lowest BCUT2D eigenvalue weighted by Gasteiger charge is -2.50. The van der Waals surface area contributed by atoms with Crippen LogP contribution in [-0.2, 0) is 4.79 Å². The van der Waals surface area contributed by atoms with Crippen molar-refractivity contribution >= 4 is 11.7 Å². The van der Waals surface area contributed by atoms with Crippen molar-refractivity contribution in [1.29, 1.82) is 0 Å². The van der Waals surface area contributed by atoms with Crippen molar-refractivity contribution in [2.45, 2.75) is 18.4 Å². The van der Waals surface area contributed by atoms with Crippen molar-refractivity contribution in [2.24, 2.45) is 0 Å². The number of nitrogens with zero attached hydrogens (tertiary/aromatic N) is 4. The van der Waals surface area contributed by atoms with Crippen LogP contribution in [-0.4, -0.2) is 66.7 Å². The van der Waals surface area contributed by atoms with E-state index in [4.69, 9.17) is 4.74 Å². The largest absolute Gasteiger partial charge is 0.481 e. The van der Waals surface area contributed by atoms with Gasteiger partial charge in [0.2, 0.25) is 11.8 Å². The van der Waals surface area contributed by atoms with E-state index in [2.05, 4.69) is 25.1 Å². The number of methoxy groups -OCH3 is 1. The second-order valence-electron chi connectivity index (χ2n) is 5.66. The number of rotatable bonds is 4. The van der Waals surface area contributed by atoms with Gasteiger partial charge in [-0.05, 0) is 12.8 Å². The number of aromatic nitrogens is 2. The summed E-state index contributed by atoms with van der Waals surface area (Å²) in [5.41, 5.74) is 0.130. The number of carbonyl (C=O) groups is 1. The monoisotopic (exact) mass is 291 g/mol. The van der Waals surface area contributed by atoms with Crippen LogP contribution >= 0.6 is 0 Å². The van der Waals surface area contributed by atoms with E-state index in [1.807, 2.05) is 6.07 Å². The van der Waals surface area contributed by atoms with Gasteiger partial charge in [0, 0.05) is 38.3 Å². The standard InChI is InChI=1S/C14H21N5O2/c1-15-12(20)8-19-6-4-14(19)3-5-18(9-14)11-7-13(21-2)17-10-16-11/h7,10H,3-6,8-9H2,1-2H3,(H,15,20)/t14-/m0/s1. The Morgan fingerprint density at radius 2 is 2.24 bits per heavy atom. The Bertz CT molecular complexity index is 538. The maximum absolute atomic E-state index is 11.6. The van der Waals surface area contributed by atoms with E-state index in [9.17, 15) is 4.79 Å². The quantitative estimate of drug-likeness (QED) is 0.834. The van der Waals surface area contributed by atoms with Gasteiger partial charge in [0.05, 0.1) is 13.7 Å². The van der Waals surface area contributed by atoms with Crippen LogP contribution in [0.3, 0.4) is 0 Å². The first kappa shape index (κ1) is 14.1. The molecule has 21 heavy (non-hydrogen) atoms. The zero-order chi connectivity index (χ0) is 14.9. The summed E-state index contributed by atoms with van der Waals surface area (Å²) in [6, 6.07) is 1.86. The van der Waals surface area contributed by atoms with Crippen molar-refractivity contribution < 1.29 is 9.53 Å². The second kappa shape index (κ2) is 5.48. The molecule has 1 aromatic rings. The van der Waals surface area contributed by atoms with E-state index in [0.717, 1.165) is 38.3 Å². The minimum absolute atomic E-state index is 0.0798. The molecule has 2 saturated heterocycles. The predicted molar refractivity (Wildman–Crippen MR) is 78.4 cm³/mol. The van der Waals surface area contributed by atoms with Gasteiger partial charge < -0.3 is 15.0 Å². The molecule has 3 rings (SSSR count). The zero-order valence-corrected chi connectivity index (χ0v) is 12.5. The third-order valence-corrected chi connectivity index (χ3v) is 4.62. The van der Waals surface area contributed by atoms with Crippen molar-refractivity contribution in [1.82, 2.24) is 20.2 Å². The highest BCUT2D eigenvalue weighted by Crippen LogP contribution is 2.40. The fourth-order valence-electron chi connectivity index (χ4n) is 3.21. The summed E-state index contributed by atoms with van der Waals surface area (Å²) >= 11 is 0. The van der Waals surface area contributed by atoms with E-state index < -0.39 is 0 Å². The molecular weight excluding hydrogens is 270 g/mol. The molecule has 0 bridgehead atoms. The molecule has 1 N–H and O–H groups in total. The first-order valence-corrected chi connectivity index (χ1v) is 7.23. The van der Waals surface area contributed by atoms with E-state index in [0.29, 0.717) is 12.4 Å². The van der Waals surface area contributed by atoms with Gasteiger partial charge in [0.15, 0.2) is 0 Å². The lowest BCUT2D eigenvalue weighted by molar-refractivity contribution is -0.126. The summed E-state index contributed by atoms with van der Waals surface area (Å²) in [6.45, 7) is 3.33. The van der Waals surface area contributed by atoms with Crippen molar-refractivity contribution in [3.63, 3.8) is 0 Å². The average molecular weight is 291 g/mol. The van der Waals surface area contributed by atoms with Gasteiger partial charge in [-0.1, -0.05) is 0 Å². The highest BCUT2D eigenvalue weighted by atomic mass is 16.5. The van der Waals surface area contributed by atoms with Crippen LogP contribution in [0.4, 0.5) is 5.82 Å². The summed E-state index contributed by atoms with van der Waals surface area (Å²) in [6.07, 6.45) is 3.74. The van der Waals surface area contributed by atoms with Crippen molar-refractivity contribution in [3.8, 4) is 5.88 Å². The lowest BCUT2D eigenvalue weighted by atomic mass is 9.83. The summed E-state index contributed by atoms with van der Waals surface area (Å²) in [5.74, 6) is 1.55. The molecular formula is C14H21N5O2. The Kier molecular flexibility index (Phi) is 3.67. The Labute approximate surface area is 124 Å². The number of ether oxygens (including phenoxy) is 1. The SMILES string of the molecule is CNC(=O)CN1CC[C@]12CCN(c1cc(OC)ncn1)C2. The number of nitrogens with one attached hydrogen (secondary N) is 1. The molecule has 0 aliphatic carbocycles. The van der Waals surface area contributed by atoms with E-state index in [-0.39, 0.29) is 11.4 Å². The summed E-state index contributed by atoms with van der Waals surface area (Å²) in [4.78, 5) is 24.5. The Hall–Kier alpha value is -1.89. The molecule has 0 unspecified atom stereocenters. The molecule has 7 nitrogen and oxygen atoms in total.